The van der Waals surface area contributed by atoms with Crippen LogP contribution in [0.3, 0.4) is 0 Å². The van der Waals surface area contributed by atoms with Gasteiger partial charge in [-0.25, -0.2) is 8.42 Å². The average Bonchev–Trinajstić information content (AvgIpc) is 2.61. The molecule has 0 aromatic heterocycles. The van der Waals surface area contributed by atoms with Gasteiger partial charge >= 0.3 is 0 Å². The second-order valence-corrected chi connectivity index (χ2v) is 8.22. The van der Waals surface area contributed by atoms with Crippen molar-refractivity contribution in [1.29, 1.82) is 0 Å². The Morgan fingerprint density at radius 3 is 2.27 bits per heavy atom. The molecule has 0 amide bonds. The smallest absolute Gasteiger partial charge is 0.244 e. The highest BCUT2D eigenvalue weighted by Crippen LogP contribution is 2.35. The SMILES string of the molecule is Cc1cc(C)c(S(=O)(=O)N2C3CCNCC2CC3)c(C)c1.Cl. The van der Waals surface area contributed by atoms with Crippen molar-refractivity contribution in [3.8, 4) is 0 Å². The summed E-state index contributed by atoms with van der Waals surface area (Å²) in [6.45, 7) is 7.52. The zero-order chi connectivity index (χ0) is 15.2. The normalized spacial score (nSPS) is 25.6. The standard InChI is InChI=1S/C16H24N2O2S.ClH/c1-11-8-12(2)16(13(3)9-11)21(19,20)18-14-4-5-15(18)10-17-7-6-14;/h8-9,14-15,17H,4-7,10H2,1-3H3;1H. The molecule has 124 valence electrons. The van der Waals surface area contributed by atoms with Gasteiger partial charge in [-0.15, -0.1) is 12.4 Å². The number of halogens is 1. The third-order valence-corrected chi connectivity index (χ3v) is 7.04. The van der Waals surface area contributed by atoms with Crippen LogP contribution in [0.2, 0.25) is 0 Å². The fourth-order valence-corrected chi connectivity index (χ4v) is 6.33. The second-order valence-electron chi connectivity index (χ2n) is 6.44. The Balaban J connectivity index is 0.00000176. The van der Waals surface area contributed by atoms with Gasteiger partial charge in [0.1, 0.15) is 0 Å². The van der Waals surface area contributed by atoms with Crippen LogP contribution in [0.25, 0.3) is 0 Å². The molecule has 3 rings (SSSR count). The molecule has 0 radical (unpaired) electrons. The maximum Gasteiger partial charge on any atom is 0.244 e. The lowest BCUT2D eigenvalue weighted by Gasteiger charge is -2.28. The number of rotatable bonds is 2. The van der Waals surface area contributed by atoms with Gasteiger partial charge in [-0.3, -0.25) is 0 Å². The van der Waals surface area contributed by atoms with Crippen molar-refractivity contribution in [2.45, 2.75) is 57.0 Å². The van der Waals surface area contributed by atoms with Crippen LogP contribution >= 0.6 is 12.4 Å². The van der Waals surface area contributed by atoms with E-state index in [-0.39, 0.29) is 24.5 Å². The molecule has 2 unspecified atom stereocenters. The number of nitrogens with zero attached hydrogens (tertiary/aromatic N) is 1. The molecule has 1 N–H and O–H groups in total. The fourth-order valence-electron chi connectivity index (χ4n) is 4.01. The summed E-state index contributed by atoms with van der Waals surface area (Å²) in [7, 11) is -3.41. The first-order chi connectivity index (χ1) is 9.91. The van der Waals surface area contributed by atoms with E-state index in [9.17, 15) is 8.42 Å². The summed E-state index contributed by atoms with van der Waals surface area (Å²) in [6.07, 6.45) is 2.88. The molecule has 2 atom stereocenters. The summed E-state index contributed by atoms with van der Waals surface area (Å²) < 4.78 is 28.3. The lowest BCUT2D eigenvalue weighted by atomic mass is 10.1. The Labute approximate surface area is 139 Å². The minimum atomic E-state index is -3.41. The Bertz CT molecular complexity index is 623. The van der Waals surface area contributed by atoms with Crippen molar-refractivity contribution in [3.63, 3.8) is 0 Å². The van der Waals surface area contributed by atoms with Crippen LogP contribution < -0.4 is 5.32 Å². The number of sulfonamides is 1. The van der Waals surface area contributed by atoms with Gasteiger partial charge in [0.05, 0.1) is 4.90 Å². The molecule has 2 saturated heterocycles. The molecule has 2 aliphatic rings. The van der Waals surface area contributed by atoms with Gasteiger partial charge in [-0.1, -0.05) is 17.7 Å². The highest BCUT2D eigenvalue weighted by molar-refractivity contribution is 7.89. The Kier molecular flexibility index (Phi) is 5.22. The Morgan fingerprint density at radius 2 is 1.64 bits per heavy atom. The zero-order valence-corrected chi connectivity index (χ0v) is 15.1. The maximum atomic E-state index is 13.3. The van der Waals surface area contributed by atoms with Crippen LogP contribution in [0.1, 0.15) is 36.0 Å². The minimum absolute atomic E-state index is 0. The van der Waals surface area contributed by atoms with Gasteiger partial charge in [-0.05, 0) is 57.7 Å². The lowest BCUT2D eigenvalue weighted by Crippen LogP contribution is -2.42. The molecular formula is C16H25ClN2O2S. The first kappa shape index (κ1) is 17.7. The van der Waals surface area contributed by atoms with Gasteiger partial charge < -0.3 is 5.32 Å². The number of aryl methyl sites for hydroxylation is 3. The van der Waals surface area contributed by atoms with Gasteiger partial charge in [-0.2, -0.15) is 4.31 Å². The van der Waals surface area contributed by atoms with E-state index < -0.39 is 10.0 Å². The summed E-state index contributed by atoms with van der Waals surface area (Å²) in [5.74, 6) is 0. The van der Waals surface area contributed by atoms with Crippen LogP contribution in [0.15, 0.2) is 17.0 Å². The molecule has 2 bridgehead atoms. The summed E-state index contributed by atoms with van der Waals surface area (Å²) in [5.41, 5.74) is 2.85. The van der Waals surface area contributed by atoms with E-state index in [1.54, 1.807) is 4.31 Å². The predicted molar refractivity (Wildman–Crippen MR) is 91.2 cm³/mol. The fraction of sp³-hybridized carbons (Fsp3) is 0.625. The summed E-state index contributed by atoms with van der Waals surface area (Å²) >= 11 is 0. The molecule has 1 aromatic rings. The van der Waals surface area contributed by atoms with Crippen LogP contribution in [0.4, 0.5) is 0 Å². The van der Waals surface area contributed by atoms with E-state index in [0.29, 0.717) is 4.90 Å². The summed E-state index contributed by atoms with van der Waals surface area (Å²) in [4.78, 5) is 0.520. The first-order valence-corrected chi connectivity index (χ1v) is 9.17. The van der Waals surface area contributed by atoms with Crippen molar-refractivity contribution in [2.75, 3.05) is 13.1 Å². The van der Waals surface area contributed by atoms with Gasteiger partial charge in [0.25, 0.3) is 0 Å². The van der Waals surface area contributed by atoms with E-state index in [4.69, 9.17) is 0 Å². The quantitative estimate of drug-likeness (QED) is 0.897. The van der Waals surface area contributed by atoms with Crippen LogP contribution in [-0.4, -0.2) is 37.9 Å². The maximum absolute atomic E-state index is 13.3. The third kappa shape index (κ3) is 2.92. The summed E-state index contributed by atoms with van der Waals surface area (Å²) in [6, 6.07) is 4.22. The number of hydrogen-bond acceptors (Lipinski definition) is 3. The molecular weight excluding hydrogens is 320 g/mol. The molecule has 1 aromatic carbocycles. The largest absolute Gasteiger partial charge is 0.315 e. The number of hydrogen-bond donors (Lipinski definition) is 1. The molecule has 0 spiro atoms. The minimum Gasteiger partial charge on any atom is -0.315 e. The molecule has 0 saturated carbocycles. The third-order valence-electron chi connectivity index (χ3n) is 4.73. The monoisotopic (exact) mass is 344 g/mol. The molecule has 2 aliphatic heterocycles. The second kappa shape index (κ2) is 6.48. The number of fused-ring (bicyclic) bond motifs is 2. The number of nitrogens with one attached hydrogen (secondary N) is 1. The molecule has 22 heavy (non-hydrogen) atoms. The van der Waals surface area contributed by atoms with E-state index >= 15 is 0 Å². The van der Waals surface area contributed by atoms with Crippen LogP contribution in [0.5, 0.6) is 0 Å². The van der Waals surface area contributed by atoms with Crippen molar-refractivity contribution in [3.05, 3.63) is 28.8 Å². The van der Waals surface area contributed by atoms with E-state index in [0.717, 1.165) is 49.0 Å². The van der Waals surface area contributed by atoms with Gasteiger partial charge in [0.2, 0.25) is 10.0 Å². The topological polar surface area (TPSA) is 49.4 Å². The van der Waals surface area contributed by atoms with Gasteiger partial charge in [0, 0.05) is 18.6 Å². The highest BCUT2D eigenvalue weighted by Gasteiger charge is 2.43. The van der Waals surface area contributed by atoms with E-state index in [1.165, 1.54) is 0 Å². The van der Waals surface area contributed by atoms with Crippen LogP contribution in [-0.2, 0) is 10.0 Å². The first-order valence-electron chi connectivity index (χ1n) is 7.73. The predicted octanol–water partition coefficient (Wildman–Crippen LogP) is 2.55. The Hall–Kier alpha value is -0.620. The van der Waals surface area contributed by atoms with Crippen molar-refractivity contribution < 1.29 is 8.42 Å². The molecule has 2 heterocycles. The Morgan fingerprint density at radius 1 is 1.05 bits per heavy atom. The zero-order valence-electron chi connectivity index (χ0n) is 13.4. The molecule has 6 heteroatoms. The average molecular weight is 345 g/mol. The molecule has 0 aliphatic carbocycles. The summed E-state index contributed by atoms with van der Waals surface area (Å²) in [5, 5.41) is 3.36. The molecule has 2 fully saturated rings. The highest BCUT2D eigenvalue weighted by atomic mass is 35.5. The molecule has 4 nitrogen and oxygen atoms in total. The lowest BCUT2D eigenvalue weighted by molar-refractivity contribution is 0.334. The van der Waals surface area contributed by atoms with Crippen molar-refractivity contribution in [1.82, 2.24) is 9.62 Å². The van der Waals surface area contributed by atoms with Crippen molar-refractivity contribution in [2.24, 2.45) is 0 Å². The van der Waals surface area contributed by atoms with Crippen LogP contribution in [0, 0.1) is 20.8 Å². The van der Waals surface area contributed by atoms with E-state index in [1.807, 2.05) is 32.9 Å². The van der Waals surface area contributed by atoms with Crippen molar-refractivity contribution >= 4 is 22.4 Å². The number of benzene rings is 1. The van der Waals surface area contributed by atoms with Gasteiger partial charge in [0.15, 0.2) is 0 Å². The van der Waals surface area contributed by atoms with E-state index in [2.05, 4.69) is 5.32 Å².